The van der Waals surface area contributed by atoms with Gasteiger partial charge < -0.3 is 4.74 Å². The van der Waals surface area contributed by atoms with Crippen LogP contribution in [-0.2, 0) is 4.74 Å². The Morgan fingerprint density at radius 3 is 1.93 bits per heavy atom. The minimum atomic E-state index is -0.0489. The molecular formula is C40H56O. The quantitative estimate of drug-likeness (QED) is 0.258. The van der Waals surface area contributed by atoms with Gasteiger partial charge in [0.1, 0.15) is 11.4 Å². The number of rotatable bonds is 9. The Balaban J connectivity index is 1.51. The molecule has 1 fully saturated rings. The maximum absolute atomic E-state index is 6.51. The van der Waals surface area contributed by atoms with Gasteiger partial charge in [0.25, 0.3) is 0 Å². The molecule has 0 spiro atoms. The molecule has 0 bridgehead atoms. The average Bonchev–Trinajstić information content (AvgIpc) is 3.25. The summed E-state index contributed by atoms with van der Waals surface area (Å²) in [5, 5.41) is 0. The number of hydrogen-bond acceptors (Lipinski definition) is 1. The van der Waals surface area contributed by atoms with Crippen LogP contribution in [0, 0.1) is 16.7 Å². The predicted molar refractivity (Wildman–Crippen MR) is 181 cm³/mol. The summed E-state index contributed by atoms with van der Waals surface area (Å²) in [6, 6.07) is 0. The van der Waals surface area contributed by atoms with E-state index < -0.39 is 0 Å². The summed E-state index contributed by atoms with van der Waals surface area (Å²) in [7, 11) is 0. The summed E-state index contributed by atoms with van der Waals surface area (Å²) in [6.45, 7) is 22.7. The fourth-order valence-electron chi connectivity index (χ4n) is 6.78. The smallest absolute Gasteiger partial charge is 0.119 e. The van der Waals surface area contributed by atoms with Crippen molar-refractivity contribution in [1.82, 2.24) is 0 Å². The maximum Gasteiger partial charge on any atom is 0.119 e. The number of fused-ring (bicyclic) bond motifs is 1. The monoisotopic (exact) mass is 552 g/mol. The van der Waals surface area contributed by atoms with Crippen molar-refractivity contribution in [2.75, 3.05) is 0 Å². The summed E-state index contributed by atoms with van der Waals surface area (Å²) in [5.41, 5.74) is 8.51. The predicted octanol–water partition coefficient (Wildman–Crippen LogP) is 12.0. The zero-order valence-electron chi connectivity index (χ0n) is 27.7. The lowest BCUT2D eigenvalue weighted by Gasteiger charge is -2.45. The minimum absolute atomic E-state index is 0.0489. The van der Waals surface area contributed by atoms with Gasteiger partial charge in [-0.05, 0) is 108 Å². The first-order valence-electron chi connectivity index (χ1n) is 15.7. The van der Waals surface area contributed by atoms with Crippen LogP contribution in [0.1, 0.15) is 108 Å². The second kappa shape index (κ2) is 13.9. The van der Waals surface area contributed by atoms with Crippen LogP contribution in [0.3, 0.4) is 0 Å². The first kappa shape index (κ1) is 32.7. The first-order chi connectivity index (χ1) is 19.2. The molecule has 2 unspecified atom stereocenters. The zero-order chi connectivity index (χ0) is 30.3. The molecular weight excluding hydrogens is 496 g/mol. The van der Waals surface area contributed by atoms with Crippen molar-refractivity contribution in [3.63, 3.8) is 0 Å². The van der Waals surface area contributed by atoms with E-state index in [-0.39, 0.29) is 11.0 Å². The third kappa shape index (κ3) is 9.09. The highest BCUT2D eigenvalue weighted by atomic mass is 16.5. The summed E-state index contributed by atoms with van der Waals surface area (Å²) in [6.07, 6.45) is 36.0. The van der Waals surface area contributed by atoms with Crippen molar-refractivity contribution in [1.29, 1.82) is 0 Å². The van der Waals surface area contributed by atoms with Crippen LogP contribution in [0.15, 0.2) is 118 Å². The fourth-order valence-corrected chi connectivity index (χ4v) is 6.78. The third-order valence-electron chi connectivity index (χ3n) is 9.35. The molecule has 0 amide bonds. The van der Waals surface area contributed by atoms with E-state index in [1.165, 1.54) is 60.0 Å². The van der Waals surface area contributed by atoms with E-state index in [4.69, 9.17) is 4.74 Å². The Morgan fingerprint density at radius 2 is 1.32 bits per heavy atom. The van der Waals surface area contributed by atoms with Gasteiger partial charge in [0.2, 0.25) is 0 Å². The minimum Gasteiger partial charge on any atom is -0.487 e. The van der Waals surface area contributed by atoms with Crippen LogP contribution in [0.2, 0.25) is 0 Å². The second-order valence-corrected chi connectivity index (χ2v) is 14.2. The summed E-state index contributed by atoms with van der Waals surface area (Å²) in [5.74, 6) is 1.55. The molecule has 2 aliphatic carbocycles. The maximum atomic E-state index is 6.51. The lowest BCUT2D eigenvalue weighted by atomic mass is 9.62. The van der Waals surface area contributed by atoms with Crippen LogP contribution >= 0.6 is 0 Å². The fraction of sp³-hybridized carbons (Fsp3) is 0.500. The molecule has 41 heavy (non-hydrogen) atoms. The topological polar surface area (TPSA) is 9.23 Å². The van der Waals surface area contributed by atoms with Crippen LogP contribution in [0.4, 0.5) is 0 Å². The summed E-state index contributed by atoms with van der Waals surface area (Å²) >= 11 is 0. The van der Waals surface area contributed by atoms with Crippen molar-refractivity contribution in [3.05, 3.63) is 118 Å². The van der Waals surface area contributed by atoms with Gasteiger partial charge in [-0.2, -0.15) is 0 Å². The molecule has 3 rings (SSSR count). The van der Waals surface area contributed by atoms with Crippen molar-refractivity contribution >= 4 is 0 Å². The Kier molecular flexibility index (Phi) is 11.1. The molecule has 0 N–H and O–H groups in total. The van der Waals surface area contributed by atoms with Gasteiger partial charge in [0.15, 0.2) is 0 Å². The van der Waals surface area contributed by atoms with Crippen LogP contribution in [0.25, 0.3) is 0 Å². The first-order valence-corrected chi connectivity index (χ1v) is 15.7. The van der Waals surface area contributed by atoms with Gasteiger partial charge in [-0.3, -0.25) is 0 Å². The van der Waals surface area contributed by atoms with Crippen molar-refractivity contribution < 1.29 is 4.74 Å². The Bertz CT molecular complexity index is 1260. The SMILES string of the molecule is CC(C=CC=C(C)C=CC1=C(C)CCCC1(C)C)=CC=CC=C(C)C=CC=C(C)C1=CC2C(C)(C)CCCC2(C)O1. The van der Waals surface area contributed by atoms with Crippen LogP contribution in [0.5, 0.6) is 0 Å². The third-order valence-corrected chi connectivity index (χ3v) is 9.35. The highest BCUT2D eigenvalue weighted by molar-refractivity contribution is 5.38. The number of hydrogen-bond donors (Lipinski definition) is 0. The number of allylic oxidation sites excluding steroid dienone is 18. The second-order valence-electron chi connectivity index (χ2n) is 14.2. The highest BCUT2D eigenvalue weighted by Gasteiger charge is 2.50. The van der Waals surface area contributed by atoms with E-state index in [1.807, 2.05) is 0 Å². The van der Waals surface area contributed by atoms with Crippen molar-refractivity contribution in [3.8, 4) is 0 Å². The normalized spacial score (nSPS) is 27.9. The zero-order valence-corrected chi connectivity index (χ0v) is 27.7. The molecule has 222 valence electrons. The van der Waals surface area contributed by atoms with E-state index in [2.05, 4.69) is 148 Å². The molecule has 1 heteroatoms. The summed E-state index contributed by atoms with van der Waals surface area (Å²) < 4.78 is 6.51. The molecule has 1 heterocycles. The van der Waals surface area contributed by atoms with Gasteiger partial charge >= 0.3 is 0 Å². The molecule has 0 aromatic rings. The molecule has 3 aliphatic rings. The van der Waals surface area contributed by atoms with E-state index in [1.54, 1.807) is 5.57 Å². The Labute approximate surface area is 252 Å². The molecule has 1 saturated carbocycles. The van der Waals surface area contributed by atoms with E-state index in [0.717, 1.165) is 12.2 Å². The van der Waals surface area contributed by atoms with Crippen LogP contribution < -0.4 is 0 Å². The van der Waals surface area contributed by atoms with Gasteiger partial charge in [-0.15, -0.1) is 0 Å². The lowest BCUT2D eigenvalue weighted by molar-refractivity contribution is -0.0596. The van der Waals surface area contributed by atoms with Crippen LogP contribution in [-0.4, -0.2) is 5.60 Å². The summed E-state index contributed by atoms with van der Waals surface area (Å²) in [4.78, 5) is 0. The Morgan fingerprint density at radius 1 is 0.732 bits per heavy atom. The van der Waals surface area contributed by atoms with Gasteiger partial charge in [0.05, 0.1) is 0 Å². The molecule has 0 radical (unpaired) electrons. The molecule has 1 aliphatic heterocycles. The molecule has 0 aromatic carbocycles. The number of ether oxygens (including phenoxy) is 1. The van der Waals surface area contributed by atoms with Gasteiger partial charge in [0, 0.05) is 5.92 Å². The van der Waals surface area contributed by atoms with Crippen molar-refractivity contribution in [2.24, 2.45) is 16.7 Å². The molecule has 2 atom stereocenters. The lowest BCUT2D eigenvalue weighted by Crippen LogP contribution is -2.44. The van der Waals surface area contributed by atoms with E-state index in [9.17, 15) is 0 Å². The van der Waals surface area contributed by atoms with Crippen molar-refractivity contribution in [2.45, 2.75) is 113 Å². The van der Waals surface area contributed by atoms with Gasteiger partial charge in [-0.25, -0.2) is 0 Å². The largest absolute Gasteiger partial charge is 0.487 e. The van der Waals surface area contributed by atoms with E-state index >= 15 is 0 Å². The van der Waals surface area contributed by atoms with Gasteiger partial charge in [-0.1, -0.05) is 123 Å². The standard InChI is InChI=1S/C40H56O/c1-30(19-13-20-32(3)24-25-35-33(4)23-15-26-38(35,6)7)17-11-12-18-31(2)21-14-22-34(5)36-29-37-39(8,9)27-16-28-40(37,10)41-36/h11-14,17-22,24-25,29,37H,15-16,23,26-28H2,1-10H3. The molecule has 0 aromatic heterocycles. The molecule has 0 saturated heterocycles. The van der Waals surface area contributed by atoms with E-state index in [0.29, 0.717) is 11.3 Å². The molecule has 1 nitrogen and oxygen atoms in total. The highest BCUT2D eigenvalue weighted by Crippen LogP contribution is 2.53. The Hall–Kier alpha value is -2.80. The average molecular weight is 553 g/mol.